The molecule has 4 N–H and O–H groups in total. The zero-order valence-electron chi connectivity index (χ0n) is 24.4. The second kappa shape index (κ2) is 30.4. The van der Waals surface area contributed by atoms with E-state index >= 15 is 0 Å². The van der Waals surface area contributed by atoms with Gasteiger partial charge in [0, 0.05) is 45.3 Å². The molecule has 0 aliphatic heterocycles. The first-order chi connectivity index (χ1) is 20.2. The minimum absolute atomic E-state index is 0.0392. The van der Waals surface area contributed by atoms with Gasteiger partial charge in [-0.1, -0.05) is 0 Å². The molecule has 0 saturated heterocycles. The third kappa shape index (κ3) is 24.9. The Bertz CT molecular complexity index is 737. The van der Waals surface area contributed by atoms with Gasteiger partial charge in [-0.25, -0.2) is 0 Å². The van der Waals surface area contributed by atoms with Crippen LogP contribution >= 0.6 is 0 Å². The van der Waals surface area contributed by atoms with E-state index in [0.29, 0.717) is 105 Å². The molecule has 2 amide bonds. The fraction of sp³-hybridized carbons (Fsp3) is 0.750. The third-order valence-corrected chi connectivity index (χ3v) is 5.38. The summed E-state index contributed by atoms with van der Waals surface area (Å²) in [5, 5.41) is 15.9. The largest absolute Gasteiger partial charge is 0.400 e. The van der Waals surface area contributed by atoms with E-state index < -0.39 is 0 Å². The Morgan fingerprint density at radius 2 is 1.27 bits per heavy atom. The van der Waals surface area contributed by atoms with Gasteiger partial charge in [0.2, 0.25) is 11.8 Å². The number of hydrogen-bond acceptors (Lipinski definition) is 11. The molecule has 0 heterocycles. The molecule has 0 aromatic heterocycles. The number of amides is 2. The monoisotopic (exact) mass is 587 g/mol. The second-order valence-corrected chi connectivity index (χ2v) is 8.45. The number of carbonyl (C=O) groups excluding carboxylic acids is 3. The van der Waals surface area contributed by atoms with E-state index in [0.717, 1.165) is 25.6 Å². The second-order valence-electron chi connectivity index (χ2n) is 8.45. The number of aliphatic hydroxyl groups is 1. The molecule has 0 atom stereocenters. The van der Waals surface area contributed by atoms with Crippen molar-refractivity contribution in [2.45, 2.75) is 32.1 Å². The van der Waals surface area contributed by atoms with Crippen LogP contribution in [0.15, 0.2) is 11.3 Å². The van der Waals surface area contributed by atoms with Gasteiger partial charge in [-0.2, -0.15) is 0 Å². The van der Waals surface area contributed by atoms with E-state index in [2.05, 4.69) is 21.9 Å². The summed E-state index contributed by atoms with van der Waals surface area (Å²) in [6.45, 7) is 5.64. The van der Waals surface area contributed by atoms with Crippen molar-refractivity contribution >= 4 is 18.1 Å². The number of aldehydes is 1. The number of nitrogens with one attached hydrogen (secondary N) is 3. The predicted molar refractivity (Wildman–Crippen MR) is 152 cm³/mol. The first-order valence-electron chi connectivity index (χ1n) is 13.9. The van der Waals surface area contributed by atoms with Crippen molar-refractivity contribution in [1.29, 1.82) is 0 Å². The summed E-state index contributed by atoms with van der Waals surface area (Å²) < 4.78 is 32.3. The Labute approximate surface area is 244 Å². The fourth-order valence-electron chi connectivity index (χ4n) is 3.19. The zero-order chi connectivity index (χ0) is 30.2. The lowest BCUT2D eigenvalue weighted by Gasteiger charge is -2.23. The molecule has 0 aromatic carbocycles. The Morgan fingerprint density at radius 3 is 1.80 bits per heavy atom. The molecule has 1 fully saturated rings. The van der Waals surface area contributed by atoms with Crippen LogP contribution < -0.4 is 16.0 Å². The summed E-state index contributed by atoms with van der Waals surface area (Å²) >= 11 is 0. The molecule has 0 aromatic rings. The normalized spacial score (nSPS) is 11.9. The standard InChI is InChI=1S/C27H45N3O9.CH4O/c1-2-3-7-26(32)29-9-13-36-18-20-38-22-25(24-5-4-6-24)28-8-12-34-19-21-39-23-27(33)30-10-14-35-16-17-37-15-11-31;1-2/h1,11,28H,3-10,12-23H2,(H,29,32)(H,30,33);2H,1H3. The summed E-state index contributed by atoms with van der Waals surface area (Å²) in [5.74, 6) is 2.15. The summed E-state index contributed by atoms with van der Waals surface area (Å²) in [6.07, 6.45) is 9.96. The Balaban J connectivity index is 0.00000781. The highest BCUT2D eigenvalue weighted by atomic mass is 16.5. The number of carbonyl (C=O) groups is 3. The van der Waals surface area contributed by atoms with Crippen LogP contribution in [0.2, 0.25) is 0 Å². The maximum atomic E-state index is 11.7. The van der Waals surface area contributed by atoms with Crippen molar-refractivity contribution in [2.24, 2.45) is 0 Å². The molecule has 13 heteroatoms. The van der Waals surface area contributed by atoms with Crippen LogP contribution in [0.4, 0.5) is 0 Å². The topological polar surface area (TPSA) is 163 Å². The van der Waals surface area contributed by atoms with Crippen molar-refractivity contribution in [3.8, 4) is 12.3 Å². The molecular formula is C28H49N3O10. The third-order valence-electron chi connectivity index (χ3n) is 5.38. The molecule has 0 radical (unpaired) electrons. The number of allylic oxidation sites excluding steroid dienone is 1. The fourth-order valence-corrected chi connectivity index (χ4v) is 3.19. The number of hydrogen-bond donors (Lipinski definition) is 4. The minimum atomic E-state index is -0.220. The van der Waals surface area contributed by atoms with Crippen LogP contribution in [0.1, 0.15) is 32.1 Å². The van der Waals surface area contributed by atoms with Gasteiger partial charge in [-0.3, -0.25) is 9.59 Å². The van der Waals surface area contributed by atoms with E-state index in [9.17, 15) is 14.4 Å². The highest BCUT2D eigenvalue weighted by Crippen LogP contribution is 2.27. The average Bonchev–Trinajstić information content (AvgIpc) is 2.95. The van der Waals surface area contributed by atoms with Crippen LogP contribution in [0.25, 0.3) is 0 Å². The smallest absolute Gasteiger partial charge is 0.246 e. The SMILES string of the molecule is C#CCCC(=O)NCCOCCOCC(NCCOCCOCC(=O)NCCOCCOCC=O)=C1CCC1.CO. The first kappa shape index (κ1) is 38.4. The maximum Gasteiger partial charge on any atom is 0.246 e. The summed E-state index contributed by atoms with van der Waals surface area (Å²) in [7, 11) is 1.00. The van der Waals surface area contributed by atoms with Gasteiger partial charge < -0.3 is 54.3 Å². The van der Waals surface area contributed by atoms with Crippen LogP contribution in [0.3, 0.4) is 0 Å². The lowest BCUT2D eigenvalue weighted by atomic mass is 9.90. The predicted octanol–water partition coefficient (Wildman–Crippen LogP) is -0.433. The summed E-state index contributed by atoms with van der Waals surface area (Å²) in [4.78, 5) is 33.2. The van der Waals surface area contributed by atoms with E-state index in [1.54, 1.807) is 0 Å². The quantitative estimate of drug-likeness (QED) is 0.0560. The zero-order valence-corrected chi connectivity index (χ0v) is 24.4. The molecule has 0 bridgehead atoms. The maximum absolute atomic E-state index is 11.7. The highest BCUT2D eigenvalue weighted by Gasteiger charge is 2.14. The van der Waals surface area contributed by atoms with E-state index in [1.165, 1.54) is 12.0 Å². The van der Waals surface area contributed by atoms with Gasteiger partial charge in [-0.15, -0.1) is 12.3 Å². The van der Waals surface area contributed by atoms with Gasteiger partial charge in [0.05, 0.1) is 66.1 Å². The van der Waals surface area contributed by atoms with Gasteiger partial charge in [0.25, 0.3) is 0 Å². The molecule has 1 saturated carbocycles. The molecular weight excluding hydrogens is 538 g/mol. The van der Waals surface area contributed by atoms with Crippen molar-refractivity contribution < 1.29 is 47.9 Å². The number of aliphatic hydroxyl groups excluding tert-OH is 1. The van der Waals surface area contributed by atoms with Crippen molar-refractivity contribution in [3.05, 3.63) is 11.3 Å². The van der Waals surface area contributed by atoms with Crippen LogP contribution in [-0.4, -0.2) is 129 Å². The molecule has 1 aliphatic rings. The van der Waals surface area contributed by atoms with E-state index in [-0.39, 0.29) is 25.0 Å². The van der Waals surface area contributed by atoms with Gasteiger partial charge >= 0.3 is 0 Å². The summed E-state index contributed by atoms with van der Waals surface area (Å²) in [6, 6.07) is 0. The lowest BCUT2D eigenvalue weighted by molar-refractivity contribution is -0.126. The lowest BCUT2D eigenvalue weighted by Crippen LogP contribution is -2.31. The number of rotatable bonds is 27. The van der Waals surface area contributed by atoms with Crippen LogP contribution in [-0.2, 0) is 42.8 Å². The highest BCUT2D eigenvalue weighted by molar-refractivity contribution is 5.77. The minimum Gasteiger partial charge on any atom is -0.400 e. The molecule has 41 heavy (non-hydrogen) atoms. The number of ether oxygens (including phenoxy) is 6. The summed E-state index contributed by atoms with van der Waals surface area (Å²) in [5.41, 5.74) is 2.49. The van der Waals surface area contributed by atoms with Crippen molar-refractivity contribution in [2.75, 3.05) is 106 Å². The Morgan fingerprint density at radius 1 is 0.756 bits per heavy atom. The van der Waals surface area contributed by atoms with Crippen LogP contribution in [0, 0.1) is 12.3 Å². The van der Waals surface area contributed by atoms with E-state index in [4.69, 9.17) is 40.0 Å². The molecule has 0 unspecified atom stereocenters. The molecule has 13 nitrogen and oxygen atoms in total. The van der Waals surface area contributed by atoms with Crippen molar-refractivity contribution in [1.82, 2.24) is 16.0 Å². The molecule has 1 aliphatic carbocycles. The molecule has 1 rings (SSSR count). The molecule has 236 valence electrons. The Kier molecular flexibility index (Phi) is 28.5. The van der Waals surface area contributed by atoms with Crippen molar-refractivity contribution in [3.63, 3.8) is 0 Å². The average molecular weight is 588 g/mol. The van der Waals surface area contributed by atoms with Gasteiger partial charge in [-0.05, 0) is 24.8 Å². The first-order valence-corrected chi connectivity index (χ1v) is 13.9. The van der Waals surface area contributed by atoms with Gasteiger partial charge in [0.15, 0.2) is 0 Å². The van der Waals surface area contributed by atoms with Crippen LogP contribution in [0.5, 0.6) is 0 Å². The van der Waals surface area contributed by atoms with Gasteiger partial charge in [0.1, 0.15) is 19.5 Å². The molecule has 0 spiro atoms. The van der Waals surface area contributed by atoms with E-state index in [1.807, 2.05) is 0 Å². The Hall–Kier alpha value is -2.57. The number of terminal acetylenes is 1.